The summed E-state index contributed by atoms with van der Waals surface area (Å²) in [6.45, 7) is 15.3. The van der Waals surface area contributed by atoms with Crippen LogP contribution in [0.4, 0.5) is 0 Å². The van der Waals surface area contributed by atoms with Crippen molar-refractivity contribution in [3.05, 3.63) is 0 Å². The molecule has 3 heteroatoms. The third kappa shape index (κ3) is 3.69. The van der Waals surface area contributed by atoms with Crippen LogP contribution in [0.5, 0.6) is 0 Å². The summed E-state index contributed by atoms with van der Waals surface area (Å²) < 4.78 is 0. The zero-order chi connectivity index (χ0) is 13.3. The van der Waals surface area contributed by atoms with Crippen molar-refractivity contribution in [1.29, 1.82) is 0 Å². The van der Waals surface area contributed by atoms with E-state index in [0.717, 1.165) is 5.92 Å². The minimum Gasteiger partial charge on any atom is -0.327 e. The Morgan fingerprint density at radius 3 is 2.06 bits per heavy atom. The fourth-order valence-corrected chi connectivity index (χ4v) is 3.56. The summed E-state index contributed by atoms with van der Waals surface area (Å²) in [7, 11) is 0. The third-order valence-corrected chi connectivity index (χ3v) is 4.40. The predicted molar refractivity (Wildman–Crippen MR) is 77.6 cm³/mol. The second-order valence-corrected chi connectivity index (χ2v) is 7.45. The molecule has 2 rings (SSSR count). The van der Waals surface area contributed by atoms with E-state index in [2.05, 4.69) is 37.5 Å². The van der Waals surface area contributed by atoms with Gasteiger partial charge in [0.15, 0.2) is 0 Å². The SMILES string of the molecule is CC(N)C(N1CCN(CC2CC2)CC1)C(C)(C)C. The maximum absolute atomic E-state index is 6.22. The highest BCUT2D eigenvalue weighted by atomic mass is 15.3. The van der Waals surface area contributed by atoms with E-state index in [0.29, 0.717) is 6.04 Å². The Kier molecular flexibility index (Phi) is 4.35. The van der Waals surface area contributed by atoms with Crippen LogP contribution < -0.4 is 5.73 Å². The number of nitrogens with two attached hydrogens (primary N) is 1. The first-order chi connectivity index (χ1) is 8.38. The zero-order valence-electron chi connectivity index (χ0n) is 12.7. The highest BCUT2D eigenvalue weighted by molar-refractivity contribution is 4.92. The van der Waals surface area contributed by atoms with Gasteiger partial charge in [0.1, 0.15) is 0 Å². The van der Waals surface area contributed by atoms with E-state index in [-0.39, 0.29) is 11.5 Å². The lowest BCUT2D eigenvalue weighted by molar-refractivity contribution is 0.0335. The third-order valence-electron chi connectivity index (χ3n) is 4.40. The van der Waals surface area contributed by atoms with Gasteiger partial charge in [-0.15, -0.1) is 0 Å². The number of hydrogen-bond donors (Lipinski definition) is 1. The standard InChI is InChI=1S/C15H31N3/c1-12(16)14(15(2,3)4)18-9-7-17(8-10-18)11-13-5-6-13/h12-14H,5-11,16H2,1-4H3. The van der Waals surface area contributed by atoms with E-state index in [1.807, 2.05) is 0 Å². The monoisotopic (exact) mass is 253 g/mol. The Labute approximate surface area is 113 Å². The Morgan fingerprint density at radius 2 is 1.67 bits per heavy atom. The molecule has 1 aliphatic heterocycles. The molecule has 0 bridgehead atoms. The summed E-state index contributed by atoms with van der Waals surface area (Å²) in [5.41, 5.74) is 6.49. The predicted octanol–water partition coefficient (Wildman–Crippen LogP) is 1.78. The molecule has 1 heterocycles. The highest BCUT2D eigenvalue weighted by Crippen LogP contribution is 2.31. The van der Waals surface area contributed by atoms with Gasteiger partial charge >= 0.3 is 0 Å². The average molecular weight is 253 g/mol. The molecule has 2 aliphatic rings. The van der Waals surface area contributed by atoms with Gasteiger partial charge in [0.2, 0.25) is 0 Å². The minimum absolute atomic E-state index is 0.250. The number of nitrogens with zero attached hydrogens (tertiary/aromatic N) is 2. The zero-order valence-corrected chi connectivity index (χ0v) is 12.7. The van der Waals surface area contributed by atoms with Gasteiger partial charge in [0.25, 0.3) is 0 Å². The Balaban J connectivity index is 1.86. The molecule has 18 heavy (non-hydrogen) atoms. The maximum Gasteiger partial charge on any atom is 0.0293 e. The van der Waals surface area contributed by atoms with Gasteiger partial charge in [-0.05, 0) is 31.1 Å². The lowest BCUT2D eigenvalue weighted by Crippen LogP contribution is -2.59. The van der Waals surface area contributed by atoms with E-state index in [1.165, 1.54) is 45.6 Å². The van der Waals surface area contributed by atoms with Crippen LogP contribution in [0.25, 0.3) is 0 Å². The number of hydrogen-bond acceptors (Lipinski definition) is 3. The second kappa shape index (κ2) is 5.48. The normalized spacial score (nSPS) is 27.2. The summed E-state index contributed by atoms with van der Waals surface area (Å²) in [4.78, 5) is 5.27. The smallest absolute Gasteiger partial charge is 0.0293 e. The van der Waals surface area contributed by atoms with E-state index < -0.39 is 0 Å². The molecule has 106 valence electrons. The first-order valence-electron chi connectivity index (χ1n) is 7.60. The molecule has 2 fully saturated rings. The minimum atomic E-state index is 0.250. The lowest BCUT2D eigenvalue weighted by atomic mass is 9.81. The Morgan fingerprint density at radius 1 is 1.11 bits per heavy atom. The molecule has 0 aromatic rings. The van der Waals surface area contributed by atoms with Crippen molar-refractivity contribution in [3.8, 4) is 0 Å². The molecule has 2 atom stereocenters. The molecule has 1 saturated heterocycles. The summed E-state index contributed by atoms with van der Waals surface area (Å²) in [6, 6.07) is 0.751. The molecular formula is C15H31N3. The van der Waals surface area contributed by atoms with Gasteiger partial charge in [0, 0.05) is 44.8 Å². The summed E-state index contributed by atoms with van der Waals surface area (Å²) in [6.07, 6.45) is 2.93. The largest absolute Gasteiger partial charge is 0.327 e. The van der Waals surface area contributed by atoms with Crippen molar-refractivity contribution in [2.45, 2.75) is 52.6 Å². The van der Waals surface area contributed by atoms with Gasteiger partial charge in [-0.3, -0.25) is 4.90 Å². The molecule has 0 aromatic carbocycles. The topological polar surface area (TPSA) is 32.5 Å². The van der Waals surface area contributed by atoms with Crippen LogP contribution in [-0.4, -0.2) is 54.6 Å². The van der Waals surface area contributed by atoms with Crippen molar-refractivity contribution >= 4 is 0 Å². The van der Waals surface area contributed by atoms with Crippen LogP contribution in [0.1, 0.15) is 40.5 Å². The van der Waals surface area contributed by atoms with Crippen LogP contribution in [-0.2, 0) is 0 Å². The quantitative estimate of drug-likeness (QED) is 0.829. The molecule has 1 saturated carbocycles. The van der Waals surface area contributed by atoms with Crippen LogP contribution in [0.2, 0.25) is 0 Å². The maximum atomic E-state index is 6.22. The van der Waals surface area contributed by atoms with Gasteiger partial charge in [-0.25, -0.2) is 0 Å². The van der Waals surface area contributed by atoms with Crippen LogP contribution in [0.15, 0.2) is 0 Å². The van der Waals surface area contributed by atoms with E-state index in [4.69, 9.17) is 5.73 Å². The molecule has 0 radical (unpaired) electrons. The molecule has 0 amide bonds. The Hall–Kier alpha value is -0.120. The average Bonchev–Trinajstić information content (AvgIpc) is 3.02. The van der Waals surface area contributed by atoms with Gasteiger partial charge in [0.05, 0.1) is 0 Å². The fourth-order valence-electron chi connectivity index (χ4n) is 3.56. The van der Waals surface area contributed by atoms with Gasteiger partial charge < -0.3 is 10.6 Å². The summed E-state index contributed by atoms with van der Waals surface area (Å²) >= 11 is 0. The fraction of sp³-hybridized carbons (Fsp3) is 1.00. The van der Waals surface area contributed by atoms with Crippen LogP contribution >= 0.6 is 0 Å². The van der Waals surface area contributed by atoms with Crippen LogP contribution in [0.3, 0.4) is 0 Å². The molecule has 3 nitrogen and oxygen atoms in total. The first-order valence-corrected chi connectivity index (χ1v) is 7.60. The lowest BCUT2D eigenvalue weighted by Gasteiger charge is -2.46. The van der Waals surface area contributed by atoms with Crippen molar-refractivity contribution in [2.24, 2.45) is 17.1 Å². The first kappa shape index (κ1) is 14.3. The number of rotatable bonds is 4. The van der Waals surface area contributed by atoms with Crippen molar-refractivity contribution in [1.82, 2.24) is 9.80 Å². The van der Waals surface area contributed by atoms with Crippen LogP contribution in [0, 0.1) is 11.3 Å². The summed E-state index contributed by atoms with van der Waals surface area (Å²) in [5.74, 6) is 1.02. The van der Waals surface area contributed by atoms with E-state index in [1.54, 1.807) is 0 Å². The molecule has 1 aliphatic carbocycles. The second-order valence-electron chi connectivity index (χ2n) is 7.45. The molecule has 2 unspecified atom stereocenters. The number of piperazine rings is 1. The van der Waals surface area contributed by atoms with E-state index >= 15 is 0 Å². The van der Waals surface area contributed by atoms with E-state index in [9.17, 15) is 0 Å². The molecule has 2 N–H and O–H groups in total. The van der Waals surface area contributed by atoms with Crippen molar-refractivity contribution in [3.63, 3.8) is 0 Å². The van der Waals surface area contributed by atoms with Crippen molar-refractivity contribution < 1.29 is 0 Å². The van der Waals surface area contributed by atoms with Gasteiger partial charge in [-0.2, -0.15) is 0 Å². The Bertz CT molecular complexity index is 257. The summed E-state index contributed by atoms with van der Waals surface area (Å²) in [5, 5.41) is 0. The van der Waals surface area contributed by atoms with Gasteiger partial charge in [-0.1, -0.05) is 20.8 Å². The molecule has 0 aromatic heterocycles. The molecular weight excluding hydrogens is 222 g/mol. The molecule has 0 spiro atoms. The highest BCUT2D eigenvalue weighted by Gasteiger charge is 2.35. The van der Waals surface area contributed by atoms with Crippen molar-refractivity contribution in [2.75, 3.05) is 32.7 Å².